The fraction of sp³-hybridized carbons (Fsp3) is 0.333. The summed E-state index contributed by atoms with van der Waals surface area (Å²) in [4.78, 5) is 0. The standard InChI is InChI=1S/2C6H7O2.Fe/c2*7-5-6-3-1-2-4-8-6;/h2*1-4,6H,5H2;/q2*-1;+2. The largest absolute Gasteiger partial charge is 2.00 e. The maximum absolute atomic E-state index is 10.1. The van der Waals surface area contributed by atoms with E-state index in [4.69, 9.17) is 9.47 Å². The summed E-state index contributed by atoms with van der Waals surface area (Å²) in [5, 5.41) is 20.1. The Balaban J connectivity index is 0.000000284. The van der Waals surface area contributed by atoms with E-state index in [-0.39, 0.29) is 42.5 Å². The molecule has 2 rings (SSSR count). The minimum Gasteiger partial charge on any atom is -0.852 e. The molecule has 0 aromatic rings. The Kier molecular flexibility index (Phi) is 9.57. The summed E-state index contributed by atoms with van der Waals surface area (Å²) in [6.45, 7) is -0.387. The minimum absolute atomic E-state index is 0. The average molecular weight is 278 g/mol. The summed E-state index contributed by atoms with van der Waals surface area (Å²) in [7, 11) is 0. The first-order valence-corrected chi connectivity index (χ1v) is 5.00. The van der Waals surface area contributed by atoms with Crippen LogP contribution in [0.25, 0.3) is 0 Å². The predicted octanol–water partition coefficient (Wildman–Crippen LogP) is -0.372. The Morgan fingerprint density at radius 2 is 1.18 bits per heavy atom. The van der Waals surface area contributed by atoms with Gasteiger partial charge in [0.1, 0.15) is 12.2 Å². The molecule has 0 aromatic heterocycles. The molecule has 0 fully saturated rings. The molecule has 2 heterocycles. The van der Waals surface area contributed by atoms with Gasteiger partial charge in [-0.25, -0.2) is 0 Å². The second-order valence-electron chi connectivity index (χ2n) is 3.11. The van der Waals surface area contributed by atoms with Gasteiger partial charge in [-0.3, -0.25) is 0 Å². The van der Waals surface area contributed by atoms with Crippen LogP contribution < -0.4 is 10.2 Å². The Morgan fingerprint density at radius 1 is 0.765 bits per heavy atom. The first-order valence-electron chi connectivity index (χ1n) is 5.00. The van der Waals surface area contributed by atoms with Gasteiger partial charge in [0.05, 0.1) is 12.5 Å². The van der Waals surface area contributed by atoms with Gasteiger partial charge in [0.25, 0.3) is 0 Å². The number of hydrogen-bond donors (Lipinski definition) is 0. The van der Waals surface area contributed by atoms with Crippen LogP contribution in [0.4, 0.5) is 0 Å². The van der Waals surface area contributed by atoms with E-state index in [2.05, 4.69) is 0 Å². The second kappa shape index (κ2) is 10.2. The van der Waals surface area contributed by atoms with Crippen LogP contribution in [0.3, 0.4) is 0 Å². The minimum atomic E-state index is -0.236. The summed E-state index contributed by atoms with van der Waals surface area (Å²) in [5.41, 5.74) is 0. The van der Waals surface area contributed by atoms with E-state index in [0.29, 0.717) is 0 Å². The molecule has 0 aromatic carbocycles. The Hall–Kier alpha value is -1.00. The van der Waals surface area contributed by atoms with Crippen LogP contribution in [0, 0.1) is 0 Å². The van der Waals surface area contributed by atoms with Gasteiger partial charge in [-0.2, -0.15) is 0 Å². The van der Waals surface area contributed by atoms with E-state index in [1.807, 2.05) is 12.2 Å². The van der Waals surface area contributed by atoms with Crippen molar-refractivity contribution in [3.05, 3.63) is 49.0 Å². The normalized spacial score (nSPS) is 23.9. The maximum atomic E-state index is 10.1. The van der Waals surface area contributed by atoms with Crippen LogP contribution in [0.2, 0.25) is 0 Å². The topological polar surface area (TPSA) is 64.6 Å². The van der Waals surface area contributed by atoms with Crippen molar-refractivity contribution in [2.75, 3.05) is 13.2 Å². The van der Waals surface area contributed by atoms with E-state index in [1.54, 1.807) is 24.3 Å². The molecular weight excluding hydrogens is 264 g/mol. The fourth-order valence-corrected chi connectivity index (χ4v) is 1.04. The first-order chi connectivity index (χ1) is 7.86. The number of rotatable bonds is 2. The third-order valence-electron chi connectivity index (χ3n) is 1.87. The van der Waals surface area contributed by atoms with Crippen molar-refractivity contribution in [1.82, 2.24) is 0 Å². The van der Waals surface area contributed by atoms with Crippen LogP contribution in [-0.2, 0) is 26.5 Å². The third kappa shape index (κ3) is 7.02. The molecule has 0 saturated carbocycles. The molecule has 4 nitrogen and oxygen atoms in total. The van der Waals surface area contributed by atoms with Crippen molar-refractivity contribution in [2.45, 2.75) is 12.2 Å². The molecule has 2 aliphatic heterocycles. The molecule has 0 radical (unpaired) electrons. The van der Waals surface area contributed by atoms with Gasteiger partial charge in [0.2, 0.25) is 0 Å². The van der Waals surface area contributed by atoms with Crippen LogP contribution in [0.5, 0.6) is 0 Å². The van der Waals surface area contributed by atoms with Crippen LogP contribution in [0.15, 0.2) is 49.0 Å². The quantitative estimate of drug-likeness (QED) is 0.646. The molecule has 0 amide bonds. The molecule has 2 unspecified atom stereocenters. The van der Waals surface area contributed by atoms with Gasteiger partial charge in [-0.05, 0) is 24.3 Å². The molecule has 94 valence electrons. The van der Waals surface area contributed by atoms with Crippen LogP contribution >= 0.6 is 0 Å². The third-order valence-corrected chi connectivity index (χ3v) is 1.87. The predicted molar refractivity (Wildman–Crippen MR) is 56.0 cm³/mol. The molecule has 0 aliphatic carbocycles. The van der Waals surface area contributed by atoms with Crippen molar-refractivity contribution in [2.24, 2.45) is 0 Å². The zero-order valence-corrected chi connectivity index (χ0v) is 10.3. The van der Waals surface area contributed by atoms with Gasteiger partial charge in [0.15, 0.2) is 0 Å². The Labute approximate surface area is 111 Å². The van der Waals surface area contributed by atoms with Crippen LogP contribution in [0.1, 0.15) is 0 Å². The van der Waals surface area contributed by atoms with Gasteiger partial charge in [0, 0.05) is 0 Å². The van der Waals surface area contributed by atoms with Gasteiger partial charge >= 0.3 is 17.1 Å². The van der Waals surface area contributed by atoms with E-state index in [0.717, 1.165) is 0 Å². The Bertz CT molecular complexity index is 267. The average Bonchev–Trinajstić information content (AvgIpc) is 2.41. The molecule has 0 spiro atoms. The zero-order chi connectivity index (χ0) is 11.6. The van der Waals surface area contributed by atoms with E-state index in [1.165, 1.54) is 12.5 Å². The molecule has 0 saturated heterocycles. The SMILES string of the molecule is [Fe+2].[O-]CC1C=CC=CO1.[O-]CC1C=CC=CO1. The first kappa shape index (κ1) is 16.0. The summed E-state index contributed by atoms with van der Waals surface area (Å²) in [6, 6.07) is 0. The fourth-order valence-electron chi connectivity index (χ4n) is 1.04. The van der Waals surface area contributed by atoms with Crippen molar-refractivity contribution >= 4 is 0 Å². The second-order valence-corrected chi connectivity index (χ2v) is 3.11. The van der Waals surface area contributed by atoms with E-state index < -0.39 is 0 Å². The summed E-state index contributed by atoms with van der Waals surface area (Å²) < 4.78 is 9.69. The van der Waals surface area contributed by atoms with Crippen molar-refractivity contribution < 1.29 is 36.8 Å². The Morgan fingerprint density at radius 3 is 1.35 bits per heavy atom. The number of allylic oxidation sites excluding steroid dienone is 4. The summed E-state index contributed by atoms with van der Waals surface area (Å²) >= 11 is 0. The van der Waals surface area contributed by atoms with Crippen LogP contribution in [-0.4, -0.2) is 25.4 Å². The molecule has 5 heteroatoms. The molecule has 0 N–H and O–H groups in total. The van der Waals surface area contributed by atoms with Crippen molar-refractivity contribution in [1.29, 1.82) is 0 Å². The molecule has 0 bridgehead atoms. The monoisotopic (exact) mass is 278 g/mol. The van der Waals surface area contributed by atoms with E-state index >= 15 is 0 Å². The molecule has 2 atom stereocenters. The molecule has 17 heavy (non-hydrogen) atoms. The number of ether oxygens (including phenoxy) is 2. The van der Waals surface area contributed by atoms with Crippen molar-refractivity contribution in [3.63, 3.8) is 0 Å². The number of hydrogen-bond acceptors (Lipinski definition) is 4. The molecular formula is C12H14FeO4. The summed E-state index contributed by atoms with van der Waals surface area (Å²) in [6.07, 6.45) is 13.2. The smallest absolute Gasteiger partial charge is 0.852 e. The van der Waals surface area contributed by atoms with Gasteiger partial charge in [-0.1, -0.05) is 25.4 Å². The van der Waals surface area contributed by atoms with E-state index in [9.17, 15) is 10.2 Å². The summed E-state index contributed by atoms with van der Waals surface area (Å²) in [5.74, 6) is 0. The zero-order valence-electron chi connectivity index (χ0n) is 9.17. The molecule has 2 aliphatic rings. The maximum Gasteiger partial charge on any atom is 2.00 e. The van der Waals surface area contributed by atoms with Gasteiger partial charge < -0.3 is 19.7 Å². The van der Waals surface area contributed by atoms with Gasteiger partial charge in [-0.15, -0.1) is 0 Å². The van der Waals surface area contributed by atoms with Crippen molar-refractivity contribution in [3.8, 4) is 0 Å².